The Kier molecular flexibility index (Phi) is 5.14. The van der Waals surface area contributed by atoms with E-state index in [9.17, 15) is 14.4 Å². The van der Waals surface area contributed by atoms with Crippen molar-refractivity contribution in [1.82, 2.24) is 5.01 Å². The van der Waals surface area contributed by atoms with Gasteiger partial charge in [-0.2, -0.15) is 5.11 Å². The SMILES string of the molecule is CCc1cc(Br)ccc1N1C(=O)[C@H]2N=NN(CC(=O)Nc3ccccc3)[C@H]2C1=O. The normalized spacial score (nSPS) is 20.3. The Morgan fingerprint density at radius 3 is 2.62 bits per heavy atom. The number of hydrogen-bond acceptors (Lipinski definition) is 6. The second-order valence-corrected chi connectivity index (χ2v) is 7.66. The number of carbonyl (C=O) groups excluding carboxylic acids is 3. The summed E-state index contributed by atoms with van der Waals surface area (Å²) in [5.74, 6) is -1.19. The maximum Gasteiger partial charge on any atom is 0.263 e. The average molecular weight is 456 g/mol. The van der Waals surface area contributed by atoms with Crippen LogP contribution in [0.5, 0.6) is 0 Å². The molecule has 2 atom stereocenters. The Morgan fingerprint density at radius 2 is 1.90 bits per heavy atom. The number of hydrogen-bond donors (Lipinski definition) is 1. The number of anilines is 2. The van der Waals surface area contributed by atoms with Crippen LogP contribution < -0.4 is 10.2 Å². The molecule has 1 fully saturated rings. The fourth-order valence-electron chi connectivity index (χ4n) is 3.52. The molecule has 2 aliphatic heterocycles. The summed E-state index contributed by atoms with van der Waals surface area (Å²) in [6.45, 7) is 1.78. The quantitative estimate of drug-likeness (QED) is 0.701. The van der Waals surface area contributed by atoms with Crippen LogP contribution in [-0.2, 0) is 20.8 Å². The van der Waals surface area contributed by atoms with Crippen molar-refractivity contribution >= 4 is 45.0 Å². The van der Waals surface area contributed by atoms with Crippen LogP contribution in [0.25, 0.3) is 0 Å². The van der Waals surface area contributed by atoms with Crippen molar-refractivity contribution in [3.05, 3.63) is 58.6 Å². The minimum absolute atomic E-state index is 0.173. The van der Waals surface area contributed by atoms with E-state index in [4.69, 9.17) is 0 Å². The zero-order valence-electron chi connectivity index (χ0n) is 15.6. The Balaban J connectivity index is 1.53. The summed E-state index contributed by atoms with van der Waals surface area (Å²) in [5.41, 5.74) is 2.05. The molecule has 9 heteroatoms. The standard InChI is InChI=1S/C20H18BrN5O3/c1-2-12-10-13(21)8-9-15(12)26-19(28)17-18(20(26)29)25(24-23-17)11-16(27)22-14-6-4-3-5-7-14/h3-10,17-18H,2,11H2,1H3,(H,22,27)/t17-,18+/m0/s1. The summed E-state index contributed by atoms with van der Waals surface area (Å²) >= 11 is 3.41. The maximum absolute atomic E-state index is 13.1. The highest BCUT2D eigenvalue weighted by Crippen LogP contribution is 2.34. The molecule has 0 saturated carbocycles. The van der Waals surface area contributed by atoms with E-state index in [-0.39, 0.29) is 12.5 Å². The fraction of sp³-hybridized carbons (Fsp3) is 0.250. The first-order chi connectivity index (χ1) is 14.0. The van der Waals surface area contributed by atoms with Gasteiger partial charge in [0.2, 0.25) is 5.91 Å². The number of amides is 3. The number of nitrogens with zero attached hydrogens (tertiary/aromatic N) is 4. The second-order valence-electron chi connectivity index (χ2n) is 6.74. The van der Waals surface area contributed by atoms with Crippen LogP contribution in [0.15, 0.2) is 63.3 Å². The van der Waals surface area contributed by atoms with Gasteiger partial charge in [0.1, 0.15) is 6.54 Å². The number of benzene rings is 2. The van der Waals surface area contributed by atoms with E-state index in [0.717, 1.165) is 10.0 Å². The number of aryl methyl sites for hydroxylation is 1. The molecule has 1 N–H and O–H groups in total. The summed E-state index contributed by atoms with van der Waals surface area (Å²) < 4.78 is 0.872. The van der Waals surface area contributed by atoms with E-state index in [1.165, 1.54) is 9.91 Å². The minimum atomic E-state index is -0.930. The lowest BCUT2D eigenvalue weighted by atomic mass is 10.1. The van der Waals surface area contributed by atoms with Gasteiger partial charge in [-0.15, -0.1) is 0 Å². The first-order valence-electron chi connectivity index (χ1n) is 9.18. The number of nitrogens with one attached hydrogen (secondary N) is 1. The van der Waals surface area contributed by atoms with Crippen LogP contribution in [0, 0.1) is 0 Å². The molecule has 0 radical (unpaired) electrons. The monoisotopic (exact) mass is 455 g/mol. The van der Waals surface area contributed by atoms with E-state index in [1.54, 1.807) is 24.3 Å². The smallest absolute Gasteiger partial charge is 0.263 e. The molecule has 0 spiro atoms. The molecule has 148 valence electrons. The van der Waals surface area contributed by atoms with Gasteiger partial charge in [0.25, 0.3) is 11.8 Å². The van der Waals surface area contributed by atoms with Gasteiger partial charge in [0.15, 0.2) is 12.1 Å². The van der Waals surface area contributed by atoms with Crippen LogP contribution in [-0.4, -0.2) is 41.4 Å². The average Bonchev–Trinajstić information content (AvgIpc) is 3.22. The van der Waals surface area contributed by atoms with Crippen molar-refractivity contribution in [2.45, 2.75) is 25.4 Å². The highest BCUT2D eigenvalue weighted by atomic mass is 79.9. The van der Waals surface area contributed by atoms with E-state index in [1.807, 2.05) is 31.2 Å². The van der Waals surface area contributed by atoms with Gasteiger partial charge in [0, 0.05) is 10.2 Å². The van der Waals surface area contributed by atoms with Crippen molar-refractivity contribution in [2.75, 3.05) is 16.8 Å². The summed E-state index contributed by atoms with van der Waals surface area (Å²) in [6, 6.07) is 12.6. The third kappa shape index (κ3) is 3.53. The van der Waals surface area contributed by atoms with Gasteiger partial charge in [-0.25, -0.2) is 4.90 Å². The van der Waals surface area contributed by atoms with Crippen LogP contribution in [0.1, 0.15) is 12.5 Å². The molecule has 0 aliphatic carbocycles. The number of fused-ring (bicyclic) bond motifs is 1. The van der Waals surface area contributed by atoms with Crippen molar-refractivity contribution in [3.63, 3.8) is 0 Å². The largest absolute Gasteiger partial charge is 0.324 e. The molecule has 0 aromatic heterocycles. The highest BCUT2D eigenvalue weighted by molar-refractivity contribution is 9.10. The maximum atomic E-state index is 13.1. The third-order valence-electron chi connectivity index (χ3n) is 4.88. The number of carbonyl (C=O) groups is 3. The molecule has 2 aliphatic rings. The minimum Gasteiger partial charge on any atom is -0.324 e. The first-order valence-corrected chi connectivity index (χ1v) is 9.97. The van der Waals surface area contributed by atoms with Crippen molar-refractivity contribution in [3.8, 4) is 0 Å². The Labute approximate surface area is 175 Å². The zero-order chi connectivity index (χ0) is 20.5. The summed E-state index contributed by atoms with van der Waals surface area (Å²) in [7, 11) is 0. The lowest BCUT2D eigenvalue weighted by molar-refractivity contribution is -0.123. The molecule has 29 heavy (non-hydrogen) atoms. The van der Waals surface area contributed by atoms with Gasteiger partial charge in [0.05, 0.1) is 5.69 Å². The molecule has 8 nitrogen and oxygen atoms in total. The van der Waals surface area contributed by atoms with E-state index in [2.05, 4.69) is 31.6 Å². The molecule has 2 heterocycles. The predicted molar refractivity (Wildman–Crippen MR) is 110 cm³/mol. The van der Waals surface area contributed by atoms with Crippen LogP contribution in [0.4, 0.5) is 11.4 Å². The van der Waals surface area contributed by atoms with E-state index < -0.39 is 23.9 Å². The van der Waals surface area contributed by atoms with Crippen molar-refractivity contribution in [1.29, 1.82) is 0 Å². The highest BCUT2D eigenvalue weighted by Gasteiger charge is 2.55. The van der Waals surface area contributed by atoms with Crippen LogP contribution >= 0.6 is 15.9 Å². The Morgan fingerprint density at radius 1 is 1.14 bits per heavy atom. The molecule has 2 aromatic rings. The lowest BCUT2D eigenvalue weighted by Crippen LogP contribution is -2.43. The van der Waals surface area contributed by atoms with Crippen LogP contribution in [0.2, 0.25) is 0 Å². The van der Waals surface area contributed by atoms with Gasteiger partial charge >= 0.3 is 0 Å². The lowest BCUT2D eigenvalue weighted by Gasteiger charge is -2.21. The van der Waals surface area contributed by atoms with Crippen molar-refractivity contribution in [2.24, 2.45) is 10.3 Å². The van der Waals surface area contributed by atoms with Crippen LogP contribution in [0.3, 0.4) is 0 Å². The van der Waals surface area contributed by atoms with E-state index >= 15 is 0 Å². The number of para-hydroxylation sites is 1. The molecule has 2 aromatic carbocycles. The Bertz CT molecular complexity index is 1010. The molecule has 4 rings (SSSR count). The molecule has 0 unspecified atom stereocenters. The second kappa shape index (κ2) is 7.75. The number of rotatable bonds is 5. The topological polar surface area (TPSA) is 94.4 Å². The van der Waals surface area contributed by atoms with Gasteiger partial charge in [-0.1, -0.05) is 46.3 Å². The number of halogens is 1. The van der Waals surface area contributed by atoms with Gasteiger partial charge < -0.3 is 5.32 Å². The summed E-state index contributed by atoms with van der Waals surface area (Å²) in [5, 5.41) is 11.9. The predicted octanol–water partition coefficient (Wildman–Crippen LogP) is 2.94. The number of imide groups is 1. The molecule has 3 amide bonds. The Hall–Kier alpha value is -3.07. The molecular weight excluding hydrogens is 438 g/mol. The third-order valence-corrected chi connectivity index (χ3v) is 5.38. The molecule has 1 saturated heterocycles. The fourth-order valence-corrected chi connectivity index (χ4v) is 3.92. The zero-order valence-corrected chi connectivity index (χ0v) is 17.2. The summed E-state index contributed by atoms with van der Waals surface area (Å²) in [4.78, 5) is 39.5. The first kappa shape index (κ1) is 19.3. The van der Waals surface area contributed by atoms with Gasteiger partial charge in [-0.3, -0.25) is 19.4 Å². The molecule has 0 bridgehead atoms. The summed E-state index contributed by atoms with van der Waals surface area (Å²) in [6.07, 6.45) is 0.659. The van der Waals surface area contributed by atoms with E-state index in [0.29, 0.717) is 17.8 Å². The van der Waals surface area contributed by atoms with Gasteiger partial charge in [-0.05, 0) is 42.3 Å². The molecular formula is C20H18BrN5O3. The van der Waals surface area contributed by atoms with Crippen molar-refractivity contribution < 1.29 is 14.4 Å².